The largest absolute Gasteiger partial charge is 0.368 e. The predicted molar refractivity (Wildman–Crippen MR) is 56.2 cm³/mol. The lowest BCUT2D eigenvalue weighted by molar-refractivity contribution is 0.731. The van der Waals surface area contributed by atoms with E-state index in [9.17, 15) is 4.79 Å². The number of nitrogen functional groups attached to an aromatic ring is 1. The molecular weight excluding hydrogens is 194 g/mol. The zero-order valence-electron chi connectivity index (χ0n) is 8.48. The maximum atomic E-state index is 11.7. The van der Waals surface area contributed by atoms with Gasteiger partial charge in [0.2, 0.25) is 5.95 Å². The van der Waals surface area contributed by atoms with Gasteiger partial charge in [0.25, 0.3) is 5.56 Å². The quantitative estimate of drug-likeness (QED) is 0.689. The number of anilines is 1. The molecule has 2 aromatic rings. The van der Waals surface area contributed by atoms with Gasteiger partial charge in [-0.25, -0.2) is 9.97 Å². The van der Waals surface area contributed by atoms with Gasteiger partial charge in [-0.15, -0.1) is 0 Å². The summed E-state index contributed by atoms with van der Waals surface area (Å²) < 4.78 is 1.42. The van der Waals surface area contributed by atoms with Gasteiger partial charge in [-0.3, -0.25) is 14.6 Å². The van der Waals surface area contributed by atoms with E-state index < -0.39 is 0 Å². The van der Waals surface area contributed by atoms with Crippen LogP contribution in [0.1, 0.15) is 5.69 Å². The maximum absolute atomic E-state index is 11.7. The van der Waals surface area contributed by atoms with Crippen molar-refractivity contribution in [3.8, 4) is 11.1 Å². The highest BCUT2D eigenvalue weighted by Gasteiger charge is 2.11. The molecule has 0 fully saturated rings. The van der Waals surface area contributed by atoms with Crippen molar-refractivity contribution in [2.75, 3.05) is 5.73 Å². The van der Waals surface area contributed by atoms with Crippen LogP contribution in [0.2, 0.25) is 0 Å². The van der Waals surface area contributed by atoms with E-state index in [4.69, 9.17) is 5.73 Å². The number of aryl methyl sites for hydroxylation is 2. The monoisotopic (exact) mass is 205 g/mol. The maximum Gasteiger partial charge on any atom is 0.274 e. The fraction of sp³-hybridized carbons (Fsp3) is 0.222. The van der Waals surface area contributed by atoms with Crippen LogP contribution in [-0.2, 0) is 7.05 Å². The van der Waals surface area contributed by atoms with Crippen LogP contribution in [0.15, 0.2) is 17.2 Å². The van der Waals surface area contributed by atoms with Crippen LogP contribution in [0.4, 0.5) is 5.95 Å². The molecule has 0 amide bonds. The second kappa shape index (κ2) is 3.23. The average Bonchev–Trinajstić information content (AvgIpc) is 2.44. The molecule has 0 aliphatic rings. The first kappa shape index (κ1) is 9.45. The van der Waals surface area contributed by atoms with Gasteiger partial charge in [0.1, 0.15) is 0 Å². The second-order valence-electron chi connectivity index (χ2n) is 3.31. The Morgan fingerprint density at radius 1 is 1.40 bits per heavy atom. The van der Waals surface area contributed by atoms with Crippen LogP contribution < -0.4 is 11.3 Å². The Balaban J connectivity index is 2.64. The zero-order chi connectivity index (χ0) is 11.0. The van der Waals surface area contributed by atoms with Gasteiger partial charge in [-0.2, -0.15) is 0 Å². The number of aromatic amines is 1. The molecule has 2 rings (SSSR count). The van der Waals surface area contributed by atoms with Crippen molar-refractivity contribution < 1.29 is 0 Å². The van der Waals surface area contributed by atoms with E-state index >= 15 is 0 Å². The van der Waals surface area contributed by atoms with E-state index in [0.717, 1.165) is 5.69 Å². The average molecular weight is 205 g/mol. The summed E-state index contributed by atoms with van der Waals surface area (Å²) in [6.07, 6.45) is 3.08. The van der Waals surface area contributed by atoms with E-state index in [0.29, 0.717) is 11.1 Å². The van der Waals surface area contributed by atoms with Crippen LogP contribution in [0.25, 0.3) is 11.1 Å². The van der Waals surface area contributed by atoms with E-state index in [1.807, 2.05) is 6.92 Å². The molecule has 0 atom stereocenters. The summed E-state index contributed by atoms with van der Waals surface area (Å²) in [6.45, 7) is 1.83. The molecule has 0 spiro atoms. The van der Waals surface area contributed by atoms with Crippen LogP contribution in [0, 0.1) is 6.92 Å². The van der Waals surface area contributed by atoms with Crippen molar-refractivity contribution in [3.05, 3.63) is 28.4 Å². The highest BCUT2D eigenvalue weighted by Crippen LogP contribution is 2.16. The minimum Gasteiger partial charge on any atom is -0.368 e. The molecule has 0 aliphatic carbocycles. The van der Waals surface area contributed by atoms with Crippen LogP contribution in [0.5, 0.6) is 0 Å². The normalized spacial score (nSPS) is 10.5. The van der Waals surface area contributed by atoms with E-state index in [1.54, 1.807) is 19.4 Å². The Labute approximate surface area is 85.8 Å². The fourth-order valence-corrected chi connectivity index (χ4v) is 1.49. The molecule has 78 valence electrons. The highest BCUT2D eigenvalue weighted by molar-refractivity contribution is 5.63. The van der Waals surface area contributed by atoms with Gasteiger partial charge < -0.3 is 5.73 Å². The van der Waals surface area contributed by atoms with Gasteiger partial charge in [0.15, 0.2) is 0 Å². The van der Waals surface area contributed by atoms with Gasteiger partial charge in [0.05, 0.1) is 5.56 Å². The number of nitrogens with two attached hydrogens (primary N) is 1. The number of rotatable bonds is 1. The third kappa shape index (κ3) is 1.50. The summed E-state index contributed by atoms with van der Waals surface area (Å²) in [5.74, 6) is 0.198. The van der Waals surface area contributed by atoms with Crippen LogP contribution in [-0.4, -0.2) is 19.7 Å². The number of nitrogens with zero attached hydrogens (tertiary/aromatic N) is 3. The number of aromatic nitrogens is 4. The Hall–Kier alpha value is -2.11. The number of hydrogen-bond acceptors (Lipinski definition) is 4. The molecule has 3 N–H and O–H groups in total. The molecule has 2 aromatic heterocycles. The van der Waals surface area contributed by atoms with Crippen molar-refractivity contribution in [1.29, 1.82) is 0 Å². The molecule has 6 nitrogen and oxygen atoms in total. The molecule has 0 radical (unpaired) electrons. The Morgan fingerprint density at radius 3 is 2.47 bits per heavy atom. The molecule has 6 heteroatoms. The van der Waals surface area contributed by atoms with Crippen molar-refractivity contribution in [1.82, 2.24) is 19.7 Å². The number of hydrogen-bond donors (Lipinski definition) is 2. The molecule has 15 heavy (non-hydrogen) atoms. The first-order valence-electron chi connectivity index (χ1n) is 4.43. The second-order valence-corrected chi connectivity index (χ2v) is 3.31. The van der Waals surface area contributed by atoms with Gasteiger partial charge in [0, 0.05) is 30.7 Å². The molecule has 0 aliphatic heterocycles. The third-order valence-electron chi connectivity index (χ3n) is 2.19. The third-order valence-corrected chi connectivity index (χ3v) is 2.19. The minimum atomic E-state index is -0.0964. The SMILES string of the molecule is Cc1[nH]n(C)c(=O)c1-c1cnc(N)nc1. The number of H-pyrrole nitrogens is 1. The van der Waals surface area contributed by atoms with Crippen LogP contribution >= 0.6 is 0 Å². The molecule has 2 heterocycles. The van der Waals surface area contributed by atoms with Gasteiger partial charge in [-0.05, 0) is 6.92 Å². The lowest BCUT2D eigenvalue weighted by Gasteiger charge is -1.96. The molecule has 0 saturated heterocycles. The zero-order valence-corrected chi connectivity index (χ0v) is 8.48. The topological polar surface area (TPSA) is 89.6 Å². The van der Waals surface area contributed by atoms with Crippen LogP contribution in [0.3, 0.4) is 0 Å². The summed E-state index contributed by atoms with van der Waals surface area (Å²) >= 11 is 0. The Kier molecular flexibility index (Phi) is 2.03. The summed E-state index contributed by atoms with van der Waals surface area (Å²) in [5, 5.41) is 2.91. The standard InChI is InChI=1S/C9H11N5O/c1-5-7(8(15)14(2)13-5)6-3-11-9(10)12-4-6/h3-4,13H,1-2H3,(H2,10,11,12). The smallest absolute Gasteiger partial charge is 0.274 e. The van der Waals surface area contributed by atoms with Crippen molar-refractivity contribution in [2.24, 2.45) is 7.05 Å². The lowest BCUT2D eigenvalue weighted by Crippen LogP contribution is -2.13. The highest BCUT2D eigenvalue weighted by atomic mass is 16.1. The Bertz CT molecular complexity index is 537. The summed E-state index contributed by atoms with van der Waals surface area (Å²) in [7, 11) is 1.66. The first-order valence-corrected chi connectivity index (χ1v) is 4.43. The summed E-state index contributed by atoms with van der Waals surface area (Å²) in [4.78, 5) is 19.4. The summed E-state index contributed by atoms with van der Waals surface area (Å²) in [6, 6.07) is 0. The number of nitrogens with one attached hydrogen (secondary N) is 1. The van der Waals surface area contributed by atoms with Crippen molar-refractivity contribution in [2.45, 2.75) is 6.92 Å². The summed E-state index contributed by atoms with van der Waals surface area (Å²) in [5.41, 5.74) is 7.32. The Morgan fingerprint density at radius 2 is 2.00 bits per heavy atom. The molecular formula is C9H11N5O. The molecule has 0 saturated carbocycles. The van der Waals surface area contributed by atoms with Crippen molar-refractivity contribution in [3.63, 3.8) is 0 Å². The predicted octanol–water partition coefficient (Wildman–Crippen LogP) is 0.0610. The van der Waals surface area contributed by atoms with Crippen molar-refractivity contribution >= 4 is 5.95 Å². The van der Waals surface area contributed by atoms with Gasteiger partial charge in [-0.1, -0.05) is 0 Å². The van der Waals surface area contributed by atoms with Gasteiger partial charge >= 0.3 is 0 Å². The molecule has 0 bridgehead atoms. The first-order chi connectivity index (χ1) is 7.09. The lowest BCUT2D eigenvalue weighted by atomic mass is 10.1. The van der Waals surface area contributed by atoms with E-state index in [1.165, 1.54) is 4.68 Å². The molecule has 0 unspecified atom stereocenters. The fourth-order valence-electron chi connectivity index (χ4n) is 1.49. The van der Waals surface area contributed by atoms with E-state index in [2.05, 4.69) is 15.1 Å². The minimum absolute atomic E-state index is 0.0964. The van der Waals surface area contributed by atoms with E-state index in [-0.39, 0.29) is 11.5 Å². The molecule has 0 aromatic carbocycles.